The first-order chi connectivity index (χ1) is 5.25. The normalized spacial score (nSPS) is 16.9. The van der Waals surface area contributed by atoms with Gasteiger partial charge in [-0.25, -0.2) is 0 Å². The van der Waals surface area contributed by atoms with Crippen molar-refractivity contribution in [3.63, 3.8) is 0 Å². The lowest BCUT2D eigenvalue weighted by Gasteiger charge is -1.99. The van der Waals surface area contributed by atoms with Gasteiger partial charge in [-0.2, -0.15) is 0 Å². The molecule has 1 aliphatic carbocycles. The molecule has 0 radical (unpaired) electrons. The monoisotopic (exact) mass is 322 g/mol. The van der Waals surface area contributed by atoms with Crippen LogP contribution in [0.4, 0.5) is 0 Å². The molecule has 1 saturated carbocycles. The Hall–Kier alpha value is 0.430. The molecular weight excluding hydrogens is 315 g/mol. The fourth-order valence-electron chi connectivity index (χ4n) is 1.23. The molecule has 11 heavy (non-hydrogen) atoms. The minimum Gasteiger partial charge on any atom is -0.0508 e. The van der Waals surface area contributed by atoms with Gasteiger partial charge >= 0.3 is 0 Å². The van der Waals surface area contributed by atoms with Crippen molar-refractivity contribution < 1.29 is 0 Å². The number of benzene rings is 1. The summed E-state index contributed by atoms with van der Waals surface area (Å²) >= 11 is 5.87. The molecule has 0 atom stereocenters. The van der Waals surface area contributed by atoms with Crippen molar-refractivity contribution in [3.8, 4) is 0 Å². The largest absolute Gasteiger partial charge is 0.0508 e. The first-order valence-electron chi connectivity index (χ1n) is 3.72. The van der Waals surface area contributed by atoms with Crippen molar-refractivity contribution in [3.05, 3.63) is 31.8 Å². The fourth-order valence-corrected chi connectivity index (χ4v) is 2.86. The zero-order chi connectivity index (χ0) is 7.84. The smallest absolute Gasteiger partial charge is 0.0188 e. The van der Waals surface area contributed by atoms with Crippen LogP contribution in [0.1, 0.15) is 24.3 Å². The lowest BCUT2D eigenvalue weighted by molar-refractivity contribution is 1.12. The molecule has 58 valence electrons. The summed E-state index contributed by atoms with van der Waals surface area (Å²) in [6.45, 7) is 0. The Labute approximate surface area is 88.6 Å². The van der Waals surface area contributed by atoms with Gasteiger partial charge in [-0.1, -0.05) is 15.9 Å². The maximum Gasteiger partial charge on any atom is 0.0188 e. The molecule has 0 bridgehead atoms. The topological polar surface area (TPSA) is 0 Å². The zero-order valence-electron chi connectivity index (χ0n) is 5.98. The third-order valence-corrected chi connectivity index (χ3v) is 3.01. The van der Waals surface area contributed by atoms with E-state index in [0.29, 0.717) is 0 Å². The Balaban J connectivity index is 2.39. The van der Waals surface area contributed by atoms with Crippen LogP contribution in [0.3, 0.4) is 0 Å². The van der Waals surface area contributed by atoms with Gasteiger partial charge in [-0.05, 0) is 65.1 Å². The molecule has 0 saturated heterocycles. The summed E-state index contributed by atoms with van der Waals surface area (Å²) in [7, 11) is 0. The van der Waals surface area contributed by atoms with Crippen LogP contribution in [0.2, 0.25) is 0 Å². The van der Waals surface area contributed by atoms with Crippen molar-refractivity contribution in [2.45, 2.75) is 18.8 Å². The number of halogens is 2. The highest BCUT2D eigenvalue weighted by molar-refractivity contribution is 14.1. The van der Waals surface area contributed by atoms with Gasteiger partial charge in [0.2, 0.25) is 0 Å². The summed E-state index contributed by atoms with van der Waals surface area (Å²) in [5.74, 6) is 0.862. The summed E-state index contributed by atoms with van der Waals surface area (Å²) < 4.78 is 2.55. The maximum atomic E-state index is 3.50. The van der Waals surface area contributed by atoms with Crippen molar-refractivity contribution in [2.75, 3.05) is 0 Å². The van der Waals surface area contributed by atoms with E-state index in [2.05, 4.69) is 56.7 Å². The van der Waals surface area contributed by atoms with Crippen LogP contribution in [0.25, 0.3) is 0 Å². The summed E-state index contributed by atoms with van der Waals surface area (Å²) in [5.41, 5.74) is 1.50. The number of rotatable bonds is 1. The zero-order valence-corrected chi connectivity index (χ0v) is 9.72. The minimum atomic E-state index is 0.862. The number of hydrogen-bond donors (Lipinski definition) is 0. The van der Waals surface area contributed by atoms with Gasteiger partial charge in [0.05, 0.1) is 0 Å². The molecule has 1 aromatic carbocycles. The predicted molar refractivity (Wildman–Crippen MR) is 58.8 cm³/mol. The Morgan fingerprint density at radius 3 is 2.55 bits per heavy atom. The van der Waals surface area contributed by atoms with Crippen LogP contribution in [-0.4, -0.2) is 0 Å². The van der Waals surface area contributed by atoms with E-state index < -0.39 is 0 Å². The molecule has 1 aromatic rings. The summed E-state index contributed by atoms with van der Waals surface area (Å²) in [4.78, 5) is 0. The van der Waals surface area contributed by atoms with Gasteiger partial charge in [0.15, 0.2) is 0 Å². The van der Waals surface area contributed by atoms with Crippen LogP contribution < -0.4 is 0 Å². The Bertz CT molecular complexity index is 259. The predicted octanol–water partition coefficient (Wildman–Crippen LogP) is 3.93. The quantitative estimate of drug-likeness (QED) is 0.687. The van der Waals surface area contributed by atoms with Crippen molar-refractivity contribution in [1.82, 2.24) is 0 Å². The molecule has 1 fully saturated rings. The summed E-state index contributed by atoms with van der Waals surface area (Å²) in [6.07, 6.45) is 2.76. The van der Waals surface area contributed by atoms with E-state index >= 15 is 0 Å². The van der Waals surface area contributed by atoms with E-state index in [9.17, 15) is 0 Å². The molecule has 2 rings (SSSR count). The van der Waals surface area contributed by atoms with E-state index in [1.165, 1.54) is 26.4 Å². The standard InChI is InChI=1S/C9H8BrI/c10-8-3-7(6-1-2-6)4-9(11)5-8/h3-6H,1-2H2. The van der Waals surface area contributed by atoms with Crippen LogP contribution in [0.5, 0.6) is 0 Å². The van der Waals surface area contributed by atoms with Crippen molar-refractivity contribution in [1.29, 1.82) is 0 Å². The van der Waals surface area contributed by atoms with Crippen molar-refractivity contribution in [2.24, 2.45) is 0 Å². The Kier molecular flexibility index (Phi) is 2.23. The van der Waals surface area contributed by atoms with E-state index in [0.717, 1.165) is 5.92 Å². The Morgan fingerprint density at radius 1 is 1.27 bits per heavy atom. The van der Waals surface area contributed by atoms with E-state index in [1.807, 2.05) is 0 Å². The maximum absolute atomic E-state index is 3.50. The second kappa shape index (κ2) is 3.05. The Morgan fingerprint density at radius 2 is 2.00 bits per heavy atom. The lowest BCUT2D eigenvalue weighted by atomic mass is 10.1. The molecule has 0 aliphatic heterocycles. The van der Waals surface area contributed by atoms with Gasteiger partial charge in [0.25, 0.3) is 0 Å². The van der Waals surface area contributed by atoms with Gasteiger partial charge < -0.3 is 0 Å². The molecule has 2 heteroatoms. The van der Waals surface area contributed by atoms with Gasteiger partial charge in [0.1, 0.15) is 0 Å². The molecular formula is C9H8BrI. The van der Waals surface area contributed by atoms with Crippen molar-refractivity contribution >= 4 is 38.5 Å². The first-order valence-corrected chi connectivity index (χ1v) is 5.59. The average molecular weight is 323 g/mol. The minimum absolute atomic E-state index is 0.862. The highest BCUT2D eigenvalue weighted by Crippen LogP contribution is 2.41. The summed E-state index contributed by atoms with van der Waals surface area (Å²) in [5, 5.41) is 0. The average Bonchev–Trinajstić information content (AvgIpc) is 2.64. The summed E-state index contributed by atoms with van der Waals surface area (Å²) in [6, 6.07) is 6.66. The van der Waals surface area contributed by atoms with Gasteiger partial charge in [0, 0.05) is 8.04 Å². The first kappa shape index (κ1) is 8.05. The molecule has 0 spiro atoms. The van der Waals surface area contributed by atoms with Crippen LogP contribution >= 0.6 is 38.5 Å². The van der Waals surface area contributed by atoms with Gasteiger partial charge in [-0.15, -0.1) is 0 Å². The van der Waals surface area contributed by atoms with Crippen LogP contribution in [-0.2, 0) is 0 Å². The molecule has 0 N–H and O–H groups in total. The van der Waals surface area contributed by atoms with Crippen LogP contribution in [0, 0.1) is 3.57 Å². The third-order valence-electron chi connectivity index (χ3n) is 1.93. The highest BCUT2D eigenvalue weighted by atomic mass is 127. The van der Waals surface area contributed by atoms with Crippen LogP contribution in [0.15, 0.2) is 22.7 Å². The molecule has 0 heterocycles. The molecule has 0 unspecified atom stereocenters. The number of hydrogen-bond acceptors (Lipinski definition) is 0. The van der Waals surface area contributed by atoms with E-state index in [4.69, 9.17) is 0 Å². The SMILES string of the molecule is Brc1cc(I)cc(C2CC2)c1. The molecule has 1 aliphatic rings. The molecule has 0 aromatic heterocycles. The lowest BCUT2D eigenvalue weighted by Crippen LogP contribution is -1.80. The second-order valence-corrected chi connectivity index (χ2v) is 5.14. The molecule has 0 nitrogen and oxygen atoms in total. The van der Waals surface area contributed by atoms with E-state index in [-0.39, 0.29) is 0 Å². The second-order valence-electron chi connectivity index (χ2n) is 2.98. The third kappa shape index (κ3) is 1.96. The highest BCUT2D eigenvalue weighted by Gasteiger charge is 2.23. The molecule has 0 amide bonds. The van der Waals surface area contributed by atoms with E-state index in [1.54, 1.807) is 0 Å². The van der Waals surface area contributed by atoms with Gasteiger partial charge in [-0.3, -0.25) is 0 Å². The fraction of sp³-hybridized carbons (Fsp3) is 0.333.